The summed E-state index contributed by atoms with van der Waals surface area (Å²) in [6.45, 7) is 8.28. The fraction of sp³-hybridized carbons (Fsp3) is 0.667. The highest BCUT2D eigenvalue weighted by Gasteiger charge is 2.12. The first kappa shape index (κ1) is 14.2. The van der Waals surface area contributed by atoms with Crippen molar-refractivity contribution in [2.75, 3.05) is 0 Å². The minimum Gasteiger partial charge on any atom is -0.340 e. The van der Waals surface area contributed by atoms with Crippen LogP contribution in [-0.4, -0.2) is 24.3 Å². The molecule has 1 aliphatic rings. The van der Waals surface area contributed by atoms with E-state index in [9.17, 15) is 0 Å². The first-order chi connectivity index (χ1) is 5.22. The highest BCUT2D eigenvalue weighted by atomic mass is 32.1. The van der Waals surface area contributed by atoms with Crippen LogP contribution in [0.25, 0.3) is 0 Å². The third-order valence-electron chi connectivity index (χ3n) is 1.40. The van der Waals surface area contributed by atoms with Crippen LogP contribution < -0.4 is 0 Å². The Bertz CT molecular complexity index is 155. The molecule has 0 aromatic heterocycles. The Morgan fingerprint density at radius 3 is 2.08 bits per heavy atom. The van der Waals surface area contributed by atoms with Crippen LogP contribution >= 0.6 is 12.2 Å². The van der Waals surface area contributed by atoms with Gasteiger partial charge in [-0.3, -0.25) is 0 Å². The van der Waals surface area contributed by atoms with Crippen molar-refractivity contribution in [1.82, 2.24) is 4.90 Å². The topological polar surface area (TPSA) is 3.24 Å². The predicted octanol–water partition coefficient (Wildman–Crippen LogP) is 2.59. The van der Waals surface area contributed by atoms with E-state index < -0.39 is 0 Å². The summed E-state index contributed by atoms with van der Waals surface area (Å²) in [6, 6.07) is 0.524. The van der Waals surface area contributed by atoms with Gasteiger partial charge in [0.2, 0.25) is 0 Å². The molecule has 0 aromatic rings. The highest BCUT2D eigenvalue weighted by Crippen LogP contribution is 2.11. The molecule has 0 aromatic carbocycles. The van der Waals surface area contributed by atoms with Crippen molar-refractivity contribution in [2.45, 2.75) is 40.2 Å². The van der Waals surface area contributed by atoms with Crippen molar-refractivity contribution in [2.24, 2.45) is 0 Å². The van der Waals surface area contributed by atoms with Gasteiger partial charge in [0.15, 0.2) is 0 Å². The van der Waals surface area contributed by atoms with Gasteiger partial charge in [0, 0.05) is 27.1 Å². The van der Waals surface area contributed by atoms with Gasteiger partial charge in [-0.2, -0.15) is 0 Å². The van der Waals surface area contributed by atoms with Gasteiger partial charge in [0.1, 0.15) is 0 Å². The van der Waals surface area contributed by atoms with Crippen LogP contribution in [0.15, 0.2) is 12.3 Å². The van der Waals surface area contributed by atoms with Gasteiger partial charge in [-0.1, -0.05) is 32.1 Å². The molecule has 0 atom stereocenters. The standard InChI is InChI=1S/C7H11NS.C2H6.B/c1-6(2)8-5-3-4-7(8)9;1-2;/h3,5-6H,4H2,1-2H3;1-2H3;. The molecule has 3 heteroatoms. The molecule has 0 bridgehead atoms. The van der Waals surface area contributed by atoms with Crippen LogP contribution in [0, 0.1) is 0 Å². The van der Waals surface area contributed by atoms with E-state index in [4.69, 9.17) is 12.2 Å². The molecule has 0 saturated carbocycles. The Morgan fingerprint density at radius 2 is 1.92 bits per heavy atom. The molecule has 1 heterocycles. The van der Waals surface area contributed by atoms with E-state index in [1.54, 1.807) is 0 Å². The van der Waals surface area contributed by atoms with Crippen LogP contribution in [0.1, 0.15) is 34.1 Å². The zero-order valence-electron chi connectivity index (χ0n) is 8.37. The minimum absolute atomic E-state index is 0. The molecule has 12 heavy (non-hydrogen) atoms. The monoisotopic (exact) mass is 182 g/mol. The SMILES string of the molecule is CC.CC(C)N1C=CCC1=S.[B]. The molecule has 1 aliphatic heterocycles. The summed E-state index contributed by atoms with van der Waals surface area (Å²) in [5.41, 5.74) is 0. The maximum Gasteiger partial charge on any atom is 0.0860 e. The molecule has 3 radical (unpaired) electrons. The van der Waals surface area contributed by atoms with Crippen LogP contribution in [0.2, 0.25) is 0 Å². The van der Waals surface area contributed by atoms with Gasteiger partial charge < -0.3 is 4.90 Å². The predicted molar refractivity (Wildman–Crippen MR) is 60.4 cm³/mol. The summed E-state index contributed by atoms with van der Waals surface area (Å²) in [7, 11) is 0. The van der Waals surface area contributed by atoms with Crippen LogP contribution in [0.4, 0.5) is 0 Å². The largest absolute Gasteiger partial charge is 0.340 e. The van der Waals surface area contributed by atoms with Gasteiger partial charge >= 0.3 is 0 Å². The first-order valence-corrected chi connectivity index (χ1v) is 4.60. The summed E-state index contributed by atoms with van der Waals surface area (Å²) in [6.07, 6.45) is 5.11. The number of hydrogen-bond acceptors (Lipinski definition) is 1. The Morgan fingerprint density at radius 1 is 1.42 bits per heavy atom. The maximum atomic E-state index is 5.08. The van der Waals surface area contributed by atoms with E-state index >= 15 is 0 Å². The summed E-state index contributed by atoms with van der Waals surface area (Å²) in [5, 5.41) is 0. The van der Waals surface area contributed by atoms with Gasteiger partial charge in [-0.15, -0.1) is 0 Å². The number of thiocarbonyl (C=S) groups is 1. The molecule has 0 aliphatic carbocycles. The molecule has 1 rings (SSSR count). The van der Waals surface area contributed by atoms with E-state index in [0.717, 1.165) is 11.4 Å². The molecule has 0 saturated heterocycles. The van der Waals surface area contributed by atoms with Gasteiger partial charge in [-0.05, 0) is 13.8 Å². The molecule has 67 valence electrons. The Balaban J connectivity index is 0. The molecule has 0 unspecified atom stereocenters. The molecule has 0 spiro atoms. The van der Waals surface area contributed by atoms with E-state index in [1.165, 1.54) is 0 Å². The van der Waals surface area contributed by atoms with Gasteiger partial charge in [-0.25, -0.2) is 0 Å². The third kappa shape index (κ3) is 3.91. The third-order valence-corrected chi connectivity index (χ3v) is 1.78. The van der Waals surface area contributed by atoms with Crippen molar-refractivity contribution >= 4 is 25.6 Å². The normalized spacial score (nSPS) is 14.1. The van der Waals surface area contributed by atoms with E-state index in [0.29, 0.717) is 6.04 Å². The second-order valence-corrected chi connectivity index (χ2v) is 2.95. The minimum atomic E-state index is 0. The summed E-state index contributed by atoms with van der Waals surface area (Å²) >= 11 is 5.08. The van der Waals surface area contributed by atoms with E-state index in [1.807, 2.05) is 13.8 Å². The fourth-order valence-electron chi connectivity index (χ4n) is 0.916. The van der Waals surface area contributed by atoms with Crippen molar-refractivity contribution in [3.63, 3.8) is 0 Å². The molecule has 0 amide bonds. The van der Waals surface area contributed by atoms with Crippen molar-refractivity contribution < 1.29 is 0 Å². The Kier molecular flexibility index (Phi) is 8.72. The van der Waals surface area contributed by atoms with Crippen molar-refractivity contribution in [3.05, 3.63) is 12.3 Å². The van der Waals surface area contributed by atoms with E-state index in [-0.39, 0.29) is 8.41 Å². The van der Waals surface area contributed by atoms with E-state index in [2.05, 4.69) is 31.0 Å². The molecule has 1 nitrogen and oxygen atoms in total. The fourth-order valence-corrected chi connectivity index (χ4v) is 1.28. The lowest BCUT2D eigenvalue weighted by atomic mass is 10.3. The second kappa shape index (κ2) is 7.35. The first-order valence-electron chi connectivity index (χ1n) is 4.19. The number of hydrogen-bond donors (Lipinski definition) is 0. The summed E-state index contributed by atoms with van der Waals surface area (Å²) in [4.78, 5) is 3.17. The van der Waals surface area contributed by atoms with Crippen LogP contribution in [0.3, 0.4) is 0 Å². The number of rotatable bonds is 1. The van der Waals surface area contributed by atoms with Gasteiger partial charge in [0.05, 0.1) is 4.99 Å². The van der Waals surface area contributed by atoms with Crippen molar-refractivity contribution in [1.29, 1.82) is 0 Å². The average molecular weight is 182 g/mol. The second-order valence-electron chi connectivity index (χ2n) is 2.48. The lowest BCUT2D eigenvalue weighted by molar-refractivity contribution is 0.471. The zero-order chi connectivity index (χ0) is 8.85. The maximum absolute atomic E-state index is 5.08. The summed E-state index contributed by atoms with van der Waals surface area (Å²) in [5.74, 6) is 0. The lowest BCUT2D eigenvalue weighted by Gasteiger charge is -2.19. The van der Waals surface area contributed by atoms with Crippen molar-refractivity contribution in [3.8, 4) is 0 Å². The van der Waals surface area contributed by atoms with Gasteiger partial charge in [0.25, 0.3) is 0 Å². The quantitative estimate of drug-likeness (QED) is 0.453. The lowest BCUT2D eigenvalue weighted by Crippen LogP contribution is -2.26. The Hall–Kier alpha value is -0.305. The van der Waals surface area contributed by atoms with Crippen LogP contribution in [0.5, 0.6) is 0 Å². The molecular weight excluding hydrogens is 165 g/mol. The highest BCUT2D eigenvalue weighted by molar-refractivity contribution is 7.80. The Labute approximate surface area is 83.4 Å². The van der Waals surface area contributed by atoms with Crippen LogP contribution in [-0.2, 0) is 0 Å². The zero-order valence-corrected chi connectivity index (χ0v) is 9.19. The molecular formula is C9H17BNS. The molecule has 0 fully saturated rings. The summed E-state index contributed by atoms with van der Waals surface area (Å²) < 4.78 is 0. The molecule has 0 N–H and O–H groups in total. The average Bonchev–Trinajstić information content (AvgIpc) is 2.39. The number of nitrogens with zero attached hydrogens (tertiary/aromatic N) is 1. The smallest absolute Gasteiger partial charge is 0.0860 e.